The molecular weight excluding hydrogens is 238 g/mol. The van der Waals surface area contributed by atoms with Crippen LogP contribution in [0.4, 0.5) is 0 Å². The second kappa shape index (κ2) is 6.92. The summed E-state index contributed by atoms with van der Waals surface area (Å²) >= 11 is 0. The van der Waals surface area contributed by atoms with Crippen molar-refractivity contribution in [1.82, 2.24) is 5.32 Å². The van der Waals surface area contributed by atoms with E-state index in [1.165, 1.54) is 24.0 Å². The Morgan fingerprint density at radius 3 is 2.79 bits per heavy atom. The van der Waals surface area contributed by atoms with E-state index in [1.54, 1.807) is 7.11 Å². The lowest BCUT2D eigenvalue weighted by Crippen LogP contribution is -2.29. The first-order valence-electron chi connectivity index (χ1n) is 7.16. The van der Waals surface area contributed by atoms with Crippen LogP contribution in [-0.2, 0) is 4.74 Å². The molecule has 106 valence electrons. The summed E-state index contributed by atoms with van der Waals surface area (Å²) < 4.78 is 10.8. The van der Waals surface area contributed by atoms with Crippen molar-refractivity contribution in [2.45, 2.75) is 32.7 Å². The number of benzene rings is 1. The highest BCUT2D eigenvalue weighted by molar-refractivity contribution is 5.38. The summed E-state index contributed by atoms with van der Waals surface area (Å²) in [5.74, 6) is 1.71. The van der Waals surface area contributed by atoms with Gasteiger partial charge in [-0.15, -0.1) is 0 Å². The Bertz CT molecular complexity index is 400. The third kappa shape index (κ3) is 3.95. The predicted molar refractivity (Wildman–Crippen MR) is 77.7 cm³/mol. The third-order valence-corrected chi connectivity index (χ3v) is 3.91. The van der Waals surface area contributed by atoms with Gasteiger partial charge >= 0.3 is 0 Å². The highest BCUT2D eigenvalue weighted by Gasteiger charge is 2.16. The summed E-state index contributed by atoms with van der Waals surface area (Å²) in [4.78, 5) is 0. The van der Waals surface area contributed by atoms with Gasteiger partial charge in [0.1, 0.15) is 5.75 Å². The molecule has 0 bridgehead atoms. The molecule has 0 radical (unpaired) electrons. The fourth-order valence-corrected chi connectivity index (χ4v) is 2.60. The van der Waals surface area contributed by atoms with Gasteiger partial charge in [0.15, 0.2) is 0 Å². The van der Waals surface area contributed by atoms with E-state index >= 15 is 0 Å². The van der Waals surface area contributed by atoms with E-state index in [2.05, 4.69) is 37.4 Å². The zero-order valence-corrected chi connectivity index (χ0v) is 12.2. The average Bonchev–Trinajstić information content (AvgIpc) is 2.46. The minimum Gasteiger partial charge on any atom is -0.496 e. The molecule has 1 N–H and O–H groups in total. The van der Waals surface area contributed by atoms with Crippen LogP contribution in [0.3, 0.4) is 0 Å². The van der Waals surface area contributed by atoms with Crippen LogP contribution in [0.15, 0.2) is 18.2 Å². The Kier molecular flexibility index (Phi) is 5.23. The van der Waals surface area contributed by atoms with Gasteiger partial charge in [-0.2, -0.15) is 0 Å². The highest BCUT2D eigenvalue weighted by Crippen LogP contribution is 2.26. The molecule has 1 aromatic rings. The Labute approximate surface area is 116 Å². The molecule has 1 heterocycles. The van der Waals surface area contributed by atoms with Gasteiger partial charge in [0.25, 0.3) is 0 Å². The normalized spacial score (nSPS) is 18.3. The molecule has 1 fully saturated rings. The van der Waals surface area contributed by atoms with Crippen molar-refractivity contribution in [3.8, 4) is 5.75 Å². The van der Waals surface area contributed by atoms with E-state index in [4.69, 9.17) is 9.47 Å². The van der Waals surface area contributed by atoms with E-state index in [1.807, 2.05) is 0 Å². The molecule has 1 aromatic carbocycles. The molecule has 0 aliphatic carbocycles. The second-order valence-corrected chi connectivity index (χ2v) is 5.43. The molecule has 1 aliphatic heterocycles. The van der Waals surface area contributed by atoms with Crippen LogP contribution in [-0.4, -0.2) is 26.9 Å². The van der Waals surface area contributed by atoms with Crippen molar-refractivity contribution in [2.75, 3.05) is 26.9 Å². The van der Waals surface area contributed by atoms with Crippen molar-refractivity contribution < 1.29 is 9.47 Å². The maximum atomic E-state index is 5.45. The minimum absolute atomic E-state index is 0.317. The van der Waals surface area contributed by atoms with Crippen molar-refractivity contribution >= 4 is 0 Å². The molecule has 0 spiro atoms. The number of ether oxygens (including phenoxy) is 2. The molecule has 3 heteroatoms. The van der Waals surface area contributed by atoms with Gasteiger partial charge < -0.3 is 14.8 Å². The highest BCUT2D eigenvalue weighted by atomic mass is 16.5. The standard InChI is InChI=1S/C16H25NO2/c1-12-4-5-16(18-3)15(10-12)13(2)17-11-14-6-8-19-9-7-14/h4-5,10,13-14,17H,6-9,11H2,1-3H3. The fraction of sp³-hybridized carbons (Fsp3) is 0.625. The lowest BCUT2D eigenvalue weighted by molar-refractivity contribution is 0.0656. The molecule has 1 unspecified atom stereocenters. The topological polar surface area (TPSA) is 30.5 Å². The van der Waals surface area contributed by atoms with E-state index < -0.39 is 0 Å². The van der Waals surface area contributed by atoms with Crippen LogP contribution in [0.25, 0.3) is 0 Å². The summed E-state index contributed by atoms with van der Waals surface area (Å²) in [6.45, 7) is 7.20. The number of nitrogens with one attached hydrogen (secondary N) is 1. The first-order chi connectivity index (χ1) is 9.20. The Morgan fingerprint density at radius 2 is 2.11 bits per heavy atom. The smallest absolute Gasteiger partial charge is 0.123 e. The summed E-state index contributed by atoms with van der Waals surface area (Å²) in [7, 11) is 1.74. The number of hydrogen-bond donors (Lipinski definition) is 1. The Morgan fingerprint density at radius 1 is 1.37 bits per heavy atom. The van der Waals surface area contributed by atoms with E-state index in [9.17, 15) is 0 Å². The van der Waals surface area contributed by atoms with Crippen LogP contribution in [0, 0.1) is 12.8 Å². The number of aryl methyl sites for hydroxylation is 1. The van der Waals surface area contributed by atoms with Crippen LogP contribution in [0.1, 0.15) is 36.9 Å². The maximum Gasteiger partial charge on any atom is 0.123 e. The minimum atomic E-state index is 0.317. The van der Waals surface area contributed by atoms with Gasteiger partial charge in [-0.05, 0) is 45.2 Å². The Balaban J connectivity index is 1.94. The second-order valence-electron chi connectivity index (χ2n) is 5.43. The van der Waals surface area contributed by atoms with Gasteiger partial charge in [0.2, 0.25) is 0 Å². The van der Waals surface area contributed by atoms with Crippen LogP contribution >= 0.6 is 0 Å². The SMILES string of the molecule is COc1ccc(C)cc1C(C)NCC1CCOCC1. The van der Waals surface area contributed by atoms with E-state index in [0.29, 0.717) is 6.04 Å². The zero-order chi connectivity index (χ0) is 13.7. The first kappa shape index (κ1) is 14.4. The average molecular weight is 263 g/mol. The molecule has 0 amide bonds. The maximum absolute atomic E-state index is 5.45. The van der Waals surface area contributed by atoms with Crippen molar-refractivity contribution in [3.63, 3.8) is 0 Å². The molecular formula is C16H25NO2. The van der Waals surface area contributed by atoms with Crippen molar-refractivity contribution in [2.24, 2.45) is 5.92 Å². The predicted octanol–water partition coefficient (Wildman–Crippen LogP) is 3.08. The van der Waals surface area contributed by atoms with Crippen LogP contribution in [0.5, 0.6) is 5.75 Å². The van der Waals surface area contributed by atoms with Crippen molar-refractivity contribution in [1.29, 1.82) is 0 Å². The van der Waals surface area contributed by atoms with Gasteiger partial charge in [-0.1, -0.05) is 17.7 Å². The van der Waals surface area contributed by atoms with Crippen LogP contribution in [0.2, 0.25) is 0 Å². The monoisotopic (exact) mass is 263 g/mol. The van der Waals surface area contributed by atoms with Gasteiger partial charge in [-0.25, -0.2) is 0 Å². The van der Waals surface area contributed by atoms with Crippen molar-refractivity contribution in [3.05, 3.63) is 29.3 Å². The molecule has 3 nitrogen and oxygen atoms in total. The molecule has 1 atom stereocenters. The fourth-order valence-electron chi connectivity index (χ4n) is 2.60. The third-order valence-electron chi connectivity index (χ3n) is 3.91. The van der Waals surface area contributed by atoms with Gasteiger partial charge in [0, 0.05) is 24.8 Å². The number of methoxy groups -OCH3 is 1. The largest absolute Gasteiger partial charge is 0.496 e. The molecule has 1 saturated heterocycles. The quantitative estimate of drug-likeness (QED) is 0.885. The number of rotatable bonds is 5. The van der Waals surface area contributed by atoms with Crippen LogP contribution < -0.4 is 10.1 Å². The lowest BCUT2D eigenvalue weighted by atomic mass is 9.99. The summed E-state index contributed by atoms with van der Waals surface area (Å²) in [5, 5.41) is 3.64. The summed E-state index contributed by atoms with van der Waals surface area (Å²) in [6.07, 6.45) is 2.34. The molecule has 0 aromatic heterocycles. The molecule has 0 saturated carbocycles. The zero-order valence-electron chi connectivity index (χ0n) is 12.2. The summed E-state index contributed by atoms with van der Waals surface area (Å²) in [6, 6.07) is 6.67. The van der Waals surface area contributed by atoms with Gasteiger partial charge in [-0.3, -0.25) is 0 Å². The van der Waals surface area contributed by atoms with E-state index in [0.717, 1.165) is 31.4 Å². The van der Waals surface area contributed by atoms with E-state index in [-0.39, 0.29) is 0 Å². The lowest BCUT2D eigenvalue weighted by Gasteiger charge is -2.25. The Hall–Kier alpha value is -1.06. The molecule has 2 rings (SSSR count). The number of hydrogen-bond acceptors (Lipinski definition) is 3. The molecule has 1 aliphatic rings. The summed E-state index contributed by atoms with van der Waals surface area (Å²) in [5.41, 5.74) is 2.52. The molecule has 19 heavy (non-hydrogen) atoms. The first-order valence-corrected chi connectivity index (χ1v) is 7.16. The van der Waals surface area contributed by atoms with Gasteiger partial charge in [0.05, 0.1) is 7.11 Å².